The van der Waals surface area contributed by atoms with Crippen LogP contribution in [0.1, 0.15) is 39.5 Å². The number of aromatic nitrogens is 1. The number of aliphatic imine (C=N–C) groups is 1. The van der Waals surface area contributed by atoms with Gasteiger partial charge >= 0.3 is 0 Å². The van der Waals surface area contributed by atoms with Crippen LogP contribution in [0.25, 0.3) is 10.9 Å². The van der Waals surface area contributed by atoms with E-state index in [4.69, 9.17) is 4.99 Å². The zero-order valence-corrected chi connectivity index (χ0v) is 17.0. The summed E-state index contributed by atoms with van der Waals surface area (Å²) in [6, 6.07) is 11.3. The molecule has 0 bridgehead atoms. The van der Waals surface area contributed by atoms with Gasteiger partial charge in [-0.05, 0) is 56.7 Å². The average molecular weight is 370 g/mol. The van der Waals surface area contributed by atoms with Gasteiger partial charge in [0.1, 0.15) is 0 Å². The minimum absolute atomic E-state index is 0.546. The molecule has 5 nitrogen and oxygen atoms in total. The Balaban J connectivity index is 1.46. The Hall–Kier alpha value is -2.01. The zero-order valence-electron chi connectivity index (χ0n) is 17.0. The van der Waals surface area contributed by atoms with Crippen molar-refractivity contribution >= 4 is 16.9 Å². The average Bonchev–Trinajstić information content (AvgIpc) is 3.10. The van der Waals surface area contributed by atoms with Crippen LogP contribution in [-0.2, 0) is 6.54 Å². The SMILES string of the molecule is CCCN1CCC(NC(=NCCCn2ccc3ccccc32)NCC)CC1. The fourth-order valence-electron chi connectivity index (χ4n) is 3.90. The fourth-order valence-corrected chi connectivity index (χ4v) is 3.90. The Morgan fingerprint density at radius 1 is 1.11 bits per heavy atom. The molecule has 27 heavy (non-hydrogen) atoms. The highest BCUT2D eigenvalue weighted by molar-refractivity contribution is 5.80. The number of fused-ring (bicyclic) bond motifs is 1. The molecule has 5 heteroatoms. The van der Waals surface area contributed by atoms with Gasteiger partial charge in [-0.25, -0.2) is 0 Å². The molecule has 0 atom stereocenters. The van der Waals surface area contributed by atoms with E-state index in [1.807, 2.05) is 0 Å². The number of nitrogens with one attached hydrogen (secondary N) is 2. The van der Waals surface area contributed by atoms with Crippen molar-refractivity contribution in [3.05, 3.63) is 36.5 Å². The van der Waals surface area contributed by atoms with Gasteiger partial charge in [0, 0.05) is 50.5 Å². The predicted octanol–water partition coefficient (Wildman–Crippen LogP) is 3.46. The van der Waals surface area contributed by atoms with Crippen LogP contribution < -0.4 is 10.6 Å². The molecule has 1 aromatic heterocycles. The van der Waals surface area contributed by atoms with Crippen LogP contribution in [-0.4, -0.2) is 54.2 Å². The summed E-state index contributed by atoms with van der Waals surface area (Å²) in [4.78, 5) is 7.38. The zero-order chi connectivity index (χ0) is 18.9. The molecule has 3 rings (SSSR count). The second kappa shape index (κ2) is 10.4. The first-order valence-corrected chi connectivity index (χ1v) is 10.6. The van der Waals surface area contributed by atoms with Crippen LogP contribution in [0, 0.1) is 0 Å². The maximum absolute atomic E-state index is 4.81. The first-order chi connectivity index (χ1) is 13.3. The summed E-state index contributed by atoms with van der Waals surface area (Å²) in [6.07, 6.45) is 6.89. The summed E-state index contributed by atoms with van der Waals surface area (Å²) < 4.78 is 2.33. The maximum atomic E-state index is 4.81. The van der Waals surface area contributed by atoms with Crippen molar-refractivity contribution < 1.29 is 0 Å². The molecule has 1 aromatic carbocycles. The summed E-state index contributed by atoms with van der Waals surface area (Å²) >= 11 is 0. The first-order valence-electron chi connectivity index (χ1n) is 10.6. The van der Waals surface area contributed by atoms with Gasteiger partial charge in [0.15, 0.2) is 5.96 Å². The van der Waals surface area contributed by atoms with E-state index in [1.54, 1.807) is 0 Å². The van der Waals surface area contributed by atoms with Crippen molar-refractivity contribution in [3.63, 3.8) is 0 Å². The van der Waals surface area contributed by atoms with Gasteiger partial charge < -0.3 is 20.1 Å². The molecule has 2 N–H and O–H groups in total. The van der Waals surface area contributed by atoms with Crippen molar-refractivity contribution in [2.24, 2.45) is 4.99 Å². The van der Waals surface area contributed by atoms with E-state index in [1.165, 1.54) is 49.8 Å². The molecule has 0 spiro atoms. The summed E-state index contributed by atoms with van der Waals surface area (Å²) in [6.45, 7) is 10.8. The van der Waals surface area contributed by atoms with Crippen LogP contribution in [0.3, 0.4) is 0 Å². The third kappa shape index (κ3) is 5.73. The van der Waals surface area contributed by atoms with Crippen LogP contribution in [0.5, 0.6) is 0 Å². The number of para-hydroxylation sites is 1. The lowest BCUT2D eigenvalue weighted by atomic mass is 10.1. The lowest BCUT2D eigenvalue weighted by Crippen LogP contribution is -2.48. The van der Waals surface area contributed by atoms with Crippen molar-refractivity contribution in [1.29, 1.82) is 0 Å². The molecular weight excluding hydrogens is 334 g/mol. The number of hydrogen-bond acceptors (Lipinski definition) is 2. The number of piperidine rings is 1. The molecule has 1 aliphatic heterocycles. The molecule has 1 aliphatic rings. The van der Waals surface area contributed by atoms with E-state index >= 15 is 0 Å². The van der Waals surface area contributed by atoms with E-state index in [0.717, 1.165) is 32.0 Å². The highest BCUT2D eigenvalue weighted by atomic mass is 15.2. The van der Waals surface area contributed by atoms with Crippen LogP contribution in [0.4, 0.5) is 0 Å². The minimum Gasteiger partial charge on any atom is -0.357 e. The second-order valence-electron chi connectivity index (χ2n) is 7.44. The number of rotatable bonds is 8. The Morgan fingerprint density at radius 3 is 2.70 bits per heavy atom. The topological polar surface area (TPSA) is 44.6 Å². The third-order valence-electron chi connectivity index (χ3n) is 5.32. The Morgan fingerprint density at radius 2 is 1.93 bits per heavy atom. The summed E-state index contributed by atoms with van der Waals surface area (Å²) in [5, 5.41) is 8.37. The Labute approximate surface area is 163 Å². The number of aryl methyl sites for hydroxylation is 1. The fraction of sp³-hybridized carbons (Fsp3) is 0.591. The minimum atomic E-state index is 0.546. The molecule has 1 saturated heterocycles. The van der Waals surface area contributed by atoms with Gasteiger partial charge in [-0.2, -0.15) is 0 Å². The van der Waals surface area contributed by atoms with Crippen LogP contribution in [0.2, 0.25) is 0 Å². The maximum Gasteiger partial charge on any atom is 0.191 e. The molecular formula is C22H35N5. The predicted molar refractivity (Wildman–Crippen MR) is 115 cm³/mol. The highest BCUT2D eigenvalue weighted by Crippen LogP contribution is 2.15. The first kappa shape index (κ1) is 19.7. The Kier molecular flexibility index (Phi) is 7.57. The van der Waals surface area contributed by atoms with Gasteiger partial charge in [-0.1, -0.05) is 25.1 Å². The van der Waals surface area contributed by atoms with Gasteiger partial charge in [-0.3, -0.25) is 4.99 Å². The number of hydrogen-bond donors (Lipinski definition) is 2. The van der Waals surface area contributed by atoms with E-state index < -0.39 is 0 Å². The molecule has 2 heterocycles. The van der Waals surface area contributed by atoms with Gasteiger partial charge in [-0.15, -0.1) is 0 Å². The molecule has 0 unspecified atom stereocenters. The van der Waals surface area contributed by atoms with E-state index in [9.17, 15) is 0 Å². The lowest BCUT2D eigenvalue weighted by molar-refractivity contribution is 0.206. The third-order valence-corrected chi connectivity index (χ3v) is 5.32. The lowest BCUT2D eigenvalue weighted by Gasteiger charge is -2.32. The normalized spacial score (nSPS) is 16.7. The number of nitrogens with zero attached hydrogens (tertiary/aromatic N) is 3. The monoisotopic (exact) mass is 369 g/mol. The van der Waals surface area contributed by atoms with Crippen molar-refractivity contribution in [2.75, 3.05) is 32.7 Å². The summed E-state index contributed by atoms with van der Waals surface area (Å²) in [5.41, 5.74) is 1.31. The summed E-state index contributed by atoms with van der Waals surface area (Å²) in [5.74, 6) is 0.976. The molecule has 0 aliphatic carbocycles. The quantitative estimate of drug-likeness (QED) is 0.425. The Bertz CT molecular complexity index is 712. The summed E-state index contributed by atoms with van der Waals surface area (Å²) in [7, 11) is 0. The molecule has 2 aromatic rings. The molecule has 0 saturated carbocycles. The largest absolute Gasteiger partial charge is 0.357 e. The number of likely N-dealkylation sites (tertiary alicyclic amines) is 1. The molecule has 0 radical (unpaired) electrons. The molecule has 0 amide bonds. The standard InChI is InChI=1S/C22H35N5/c1-3-14-26-16-11-20(12-17-26)25-22(23-4-2)24-13-7-15-27-18-10-19-8-5-6-9-21(19)27/h5-6,8-10,18,20H,3-4,7,11-17H2,1-2H3,(H2,23,24,25). The van der Waals surface area contributed by atoms with E-state index in [-0.39, 0.29) is 0 Å². The van der Waals surface area contributed by atoms with Crippen molar-refractivity contribution in [1.82, 2.24) is 20.1 Å². The van der Waals surface area contributed by atoms with Gasteiger partial charge in [0.05, 0.1) is 0 Å². The van der Waals surface area contributed by atoms with Crippen LogP contribution >= 0.6 is 0 Å². The number of guanidine groups is 1. The van der Waals surface area contributed by atoms with Crippen molar-refractivity contribution in [3.8, 4) is 0 Å². The van der Waals surface area contributed by atoms with E-state index in [2.05, 4.69) is 70.5 Å². The molecule has 148 valence electrons. The van der Waals surface area contributed by atoms with Gasteiger partial charge in [0.2, 0.25) is 0 Å². The molecule has 1 fully saturated rings. The second-order valence-corrected chi connectivity index (χ2v) is 7.44. The van der Waals surface area contributed by atoms with Crippen LogP contribution in [0.15, 0.2) is 41.5 Å². The van der Waals surface area contributed by atoms with E-state index in [0.29, 0.717) is 6.04 Å². The number of benzene rings is 1. The smallest absolute Gasteiger partial charge is 0.191 e. The van der Waals surface area contributed by atoms with Crippen molar-refractivity contribution in [2.45, 2.75) is 52.1 Å². The van der Waals surface area contributed by atoms with Gasteiger partial charge in [0.25, 0.3) is 0 Å². The highest BCUT2D eigenvalue weighted by Gasteiger charge is 2.19.